The number of aromatic nitrogens is 5. The second-order valence-corrected chi connectivity index (χ2v) is 8.30. The minimum absolute atomic E-state index is 0.0592. The summed E-state index contributed by atoms with van der Waals surface area (Å²) in [6, 6.07) is 7.54. The number of rotatable bonds is 4. The SMILES string of the molecule is CC(=O)[C@]12CC=Cc3nc(-c4nn(Cc5ccccc5F)c5ncc(F)cc45)nc(c31)NC2=O. The summed E-state index contributed by atoms with van der Waals surface area (Å²) < 4.78 is 29.9. The molecule has 0 saturated carbocycles. The molecular formula is C24H16F2N6O2. The van der Waals surface area contributed by atoms with Crippen LogP contribution in [0.4, 0.5) is 14.6 Å². The Hall–Kier alpha value is -4.34. The lowest BCUT2D eigenvalue weighted by Gasteiger charge is -2.26. The van der Waals surface area contributed by atoms with E-state index in [2.05, 4.69) is 25.4 Å². The number of ketones is 1. The van der Waals surface area contributed by atoms with Crippen LogP contribution < -0.4 is 5.32 Å². The Kier molecular flexibility index (Phi) is 4.22. The van der Waals surface area contributed by atoms with Crippen LogP contribution in [0.25, 0.3) is 28.6 Å². The summed E-state index contributed by atoms with van der Waals surface area (Å²) in [5.74, 6) is -1.37. The van der Waals surface area contributed by atoms with E-state index in [1.807, 2.05) is 0 Å². The van der Waals surface area contributed by atoms with Gasteiger partial charge in [-0.25, -0.2) is 28.4 Å². The molecule has 0 fully saturated rings. The molecule has 1 N–H and O–H groups in total. The Morgan fingerprint density at radius 1 is 1.24 bits per heavy atom. The van der Waals surface area contributed by atoms with E-state index in [0.717, 1.165) is 6.20 Å². The molecule has 1 aliphatic heterocycles. The van der Waals surface area contributed by atoms with E-state index < -0.39 is 23.0 Å². The second-order valence-electron chi connectivity index (χ2n) is 8.30. The highest BCUT2D eigenvalue weighted by Crippen LogP contribution is 2.46. The van der Waals surface area contributed by atoms with Gasteiger partial charge in [0.1, 0.15) is 34.3 Å². The van der Waals surface area contributed by atoms with Gasteiger partial charge in [-0.2, -0.15) is 5.10 Å². The zero-order chi connectivity index (χ0) is 23.6. The fourth-order valence-electron chi connectivity index (χ4n) is 4.66. The van der Waals surface area contributed by atoms with E-state index in [4.69, 9.17) is 0 Å². The summed E-state index contributed by atoms with van der Waals surface area (Å²) in [5.41, 5.74) is 0.450. The molecule has 0 unspecified atom stereocenters. The van der Waals surface area contributed by atoms with Gasteiger partial charge in [0.2, 0.25) is 5.91 Å². The van der Waals surface area contributed by atoms with Crippen LogP contribution in [0.15, 0.2) is 42.6 Å². The molecule has 1 amide bonds. The average molecular weight is 458 g/mol. The Morgan fingerprint density at radius 2 is 2.06 bits per heavy atom. The van der Waals surface area contributed by atoms with E-state index in [1.54, 1.807) is 30.4 Å². The van der Waals surface area contributed by atoms with Gasteiger partial charge in [0.15, 0.2) is 11.5 Å². The van der Waals surface area contributed by atoms with Crippen molar-refractivity contribution in [1.29, 1.82) is 0 Å². The Morgan fingerprint density at radius 3 is 2.85 bits per heavy atom. The number of hydrogen-bond donors (Lipinski definition) is 1. The first-order valence-electron chi connectivity index (χ1n) is 10.6. The van der Waals surface area contributed by atoms with Crippen molar-refractivity contribution in [3.63, 3.8) is 0 Å². The number of allylic oxidation sites excluding steroid dienone is 1. The highest BCUT2D eigenvalue weighted by Gasteiger charge is 2.53. The van der Waals surface area contributed by atoms with Crippen LogP contribution in [0.2, 0.25) is 0 Å². The zero-order valence-electron chi connectivity index (χ0n) is 17.8. The molecule has 0 bridgehead atoms. The van der Waals surface area contributed by atoms with Crippen LogP contribution in [-0.2, 0) is 21.5 Å². The Bertz CT molecular complexity index is 1580. The molecule has 34 heavy (non-hydrogen) atoms. The van der Waals surface area contributed by atoms with E-state index in [0.29, 0.717) is 27.9 Å². The summed E-state index contributed by atoms with van der Waals surface area (Å²) in [5, 5.41) is 7.58. The molecule has 168 valence electrons. The predicted molar refractivity (Wildman–Crippen MR) is 119 cm³/mol. The van der Waals surface area contributed by atoms with Gasteiger partial charge in [0, 0.05) is 11.1 Å². The van der Waals surface area contributed by atoms with Crippen LogP contribution in [0.5, 0.6) is 0 Å². The second kappa shape index (κ2) is 7.08. The van der Waals surface area contributed by atoms with Crippen molar-refractivity contribution in [1.82, 2.24) is 24.7 Å². The van der Waals surface area contributed by atoms with E-state index in [1.165, 1.54) is 23.7 Å². The summed E-state index contributed by atoms with van der Waals surface area (Å²) in [7, 11) is 0. The molecule has 0 saturated heterocycles. The standard InChI is InChI=1S/C24H16F2N6O2/c1-12(33)24-8-4-7-17-18(24)20(30-23(24)34)29-21(28-17)19-15-9-14(25)10-27-22(15)32(31-19)11-13-5-2-3-6-16(13)26/h2-7,9-10H,8,11H2,1H3,(H,28,29,30,34)/t24-/m1/s1. The summed E-state index contributed by atoms with van der Waals surface area (Å²) >= 11 is 0. The number of anilines is 1. The minimum Gasteiger partial charge on any atom is -0.309 e. The van der Waals surface area contributed by atoms with Gasteiger partial charge in [0.25, 0.3) is 0 Å². The Balaban J connectivity index is 1.55. The molecule has 4 heterocycles. The maximum absolute atomic E-state index is 14.3. The van der Waals surface area contributed by atoms with Crippen molar-refractivity contribution >= 4 is 34.6 Å². The molecule has 1 aromatic carbocycles. The molecular weight excluding hydrogens is 442 g/mol. The van der Waals surface area contributed by atoms with Gasteiger partial charge in [-0.15, -0.1) is 0 Å². The van der Waals surface area contributed by atoms with Gasteiger partial charge in [-0.3, -0.25) is 9.59 Å². The van der Waals surface area contributed by atoms with Crippen LogP contribution in [0.3, 0.4) is 0 Å². The molecule has 8 nitrogen and oxygen atoms in total. The normalized spacial score (nSPS) is 18.3. The molecule has 0 spiro atoms. The van der Waals surface area contributed by atoms with Crippen LogP contribution in [0, 0.1) is 11.6 Å². The third-order valence-electron chi connectivity index (χ3n) is 6.33. The maximum Gasteiger partial charge on any atom is 0.244 e. The Labute approximate surface area is 191 Å². The van der Waals surface area contributed by atoms with Crippen molar-refractivity contribution in [3.8, 4) is 11.5 Å². The molecule has 6 rings (SSSR count). The monoisotopic (exact) mass is 458 g/mol. The van der Waals surface area contributed by atoms with Crippen LogP contribution in [-0.4, -0.2) is 36.4 Å². The van der Waals surface area contributed by atoms with E-state index >= 15 is 0 Å². The van der Waals surface area contributed by atoms with Crippen molar-refractivity contribution in [3.05, 3.63) is 71.1 Å². The molecule has 2 aliphatic rings. The third-order valence-corrected chi connectivity index (χ3v) is 6.33. The lowest BCUT2D eigenvalue weighted by Crippen LogP contribution is -2.42. The van der Waals surface area contributed by atoms with E-state index in [-0.39, 0.29) is 36.1 Å². The highest BCUT2D eigenvalue weighted by atomic mass is 19.1. The lowest BCUT2D eigenvalue weighted by molar-refractivity contribution is -0.131. The average Bonchev–Trinajstić information content (AvgIpc) is 3.31. The first-order valence-corrected chi connectivity index (χ1v) is 10.6. The third kappa shape index (κ3) is 2.74. The van der Waals surface area contributed by atoms with Gasteiger partial charge >= 0.3 is 0 Å². The molecule has 1 atom stereocenters. The number of nitrogens with one attached hydrogen (secondary N) is 1. The van der Waals surface area contributed by atoms with Crippen LogP contribution in [0.1, 0.15) is 30.2 Å². The quantitative estimate of drug-likeness (QED) is 0.470. The number of pyridine rings is 1. The molecule has 3 aromatic heterocycles. The van der Waals surface area contributed by atoms with Crippen molar-refractivity contribution in [2.45, 2.75) is 25.3 Å². The first kappa shape index (κ1) is 20.3. The van der Waals surface area contributed by atoms with Gasteiger partial charge < -0.3 is 5.32 Å². The topological polar surface area (TPSA) is 103 Å². The number of carbonyl (C=O) groups is 2. The maximum atomic E-state index is 14.3. The summed E-state index contributed by atoms with van der Waals surface area (Å²) in [4.78, 5) is 38.5. The van der Waals surface area contributed by atoms with E-state index in [9.17, 15) is 18.4 Å². The van der Waals surface area contributed by atoms with Crippen LogP contribution >= 0.6 is 0 Å². The van der Waals surface area contributed by atoms with Crippen molar-refractivity contribution < 1.29 is 18.4 Å². The number of amides is 1. The van der Waals surface area contributed by atoms with Gasteiger partial charge in [-0.1, -0.05) is 24.3 Å². The number of hydrogen-bond acceptors (Lipinski definition) is 6. The fraction of sp³-hybridized carbons (Fsp3) is 0.167. The zero-order valence-corrected chi connectivity index (χ0v) is 17.8. The molecule has 0 radical (unpaired) electrons. The first-order chi connectivity index (χ1) is 16.4. The van der Waals surface area contributed by atoms with Crippen molar-refractivity contribution in [2.24, 2.45) is 0 Å². The highest BCUT2D eigenvalue weighted by molar-refractivity contribution is 6.21. The largest absolute Gasteiger partial charge is 0.309 e. The molecule has 1 aliphatic carbocycles. The molecule has 10 heteroatoms. The number of Topliss-reactive ketones (excluding diaryl/α,β-unsaturated/α-hetero) is 1. The number of halogens is 2. The van der Waals surface area contributed by atoms with Gasteiger partial charge in [0.05, 0.1) is 23.8 Å². The molecule has 4 aromatic rings. The fourth-order valence-corrected chi connectivity index (χ4v) is 4.66. The summed E-state index contributed by atoms with van der Waals surface area (Å²) in [6.45, 7) is 1.43. The lowest BCUT2D eigenvalue weighted by atomic mass is 9.73. The van der Waals surface area contributed by atoms with Crippen molar-refractivity contribution in [2.75, 3.05) is 5.32 Å². The minimum atomic E-state index is -1.35. The number of fused-ring (bicyclic) bond motifs is 1. The predicted octanol–water partition coefficient (Wildman–Crippen LogP) is 3.41. The number of nitrogens with zero attached hydrogens (tertiary/aromatic N) is 5. The van der Waals surface area contributed by atoms with Gasteiger partial charge in [-0.05, 0) is 31.6 Å². The smallest absolute Gasteiger partial charge is 0.244 e. The number of carbonyl (C=O) groups excluding carboxylic acids is 2. The summed E-state index contributed by atoms with van der Waals surface area (Å²) in [6.07, 6.45) is 4.74. The number of benzene rings is 1.